The van der Waals surface area contributed by atoms with Crippen LogP contribution in [-0.2, 0) is 18.4 Å². The first-order valence-corrected chi connectivity index (χ1v) is 13.3. The van der Waals surface area contributed by atoms with E-state index in [2.05, 4.69) is 36.5 Å². The predicted octanol–water partition coefficient (Wildman–Crippen LogP) is 4.11. The van der Waals surface area contributed by atoms with Crippen LogP contribution in [0.3, 0.4) is 0 Å². The van der Waals surface area contributed by atoms with Gasteiger partial charge in [0.2, 0.25) is 5.91 Å². The molecule has 192 valence electrons. The second-order valence-corrected chi connectivity index (χ2v) is 10.5. The molecule has 0 fully saturated rings. The van der Waals surface area contributed by atoms with Crippen molar-refractivity contribution in [1.29, 1.82) is 0 Å². The average Bonchev–Trinajstić information content (AvgIpc) is 2.70. The van der Waals surface area contributed by atoms with Gasteiger partial charge in [0.25, 0.3) is 0 Å². The number of phosphoric ester groups is 1. The zero-order valence-electron chi connectivity index (χ0n) is 21.1. The number of carbonyl (C=O) groups is 1. The van der Waals surface area contributed by atoms with E-state index in [1.807, 2.05) is 27.2 Å². The molecule has 3 unspecified atom stereocenters. The molecular formula is C24H46N2O6P+. The molecule has 0 aliphatic rings. The number of nitrogens with one attached hydrogen (secondary N) is 1. The Hall–Kier alpha value is -1.28. The molecule has 0 saturated carbocycles. The molecule has 0 saturated heterocycles. The van der Waals surface area contributed by atoms with Crippen LogP contribution in [0.15, 0.2) is 36.5 Å². The van der Waals surface area contributed by atoms with Gasteiger partial charge in [-0.3, -0.25) is 13.8 Å². The number of likely N-dealkylation sites (N-methyl/N-ethyl adjacent to an activating group) is 1. The van der Waals surface area contributed by atoms with Crippen LogP contribution < -0.4 is 5.32 Å². The number of aliphatic hydroxyl groups is 1. The lowest BCUT2D eigenvalue weighted by Gasteiger charge is -2.25. The first-order chi connectivity index (χ1) is 15.5. The van der Waals surface area contributed by atoms with Crippen LogP contribution in [0.1, 0.15) is 58.8 Å². The molecule has 3 atom stereocenters. The molecule has 0 bridgehead atoms. The Morgan fingerprint density at radius 3 is 2.06 bits per heavy atom. The second kappa shape index (κ2) is 18.1. The summed E-state index contributed by atoms with van der Waals surface area (Å²) in [6.45, 7) is 3.72. The van der Waals surface area contributed by atoms with E-state index in [9.17, 15) is 19.4 Å². The van der Waals surface area contributed by atoms with Crippen molar-refractivity contribution < 1.29 is 32.9 Å². The maximum Gasteiger partial charge on any atom is 0.472 e. The molecule has 0 radical (unpaired) electrons. The average molecular weight is 490 g/mol. The summed E-state index contributed by atoms with van der Waals surface area (Å²) in [6.07, 6.45) is 18.3. The number of rotatable bonds is 19. The quantitative estimate of drug-likeness (QED) is 0.109. The third-order valence-corrected chi connectivity index (χ3v) is 5.61. The number of hydrogen-bond donors (Lipinski definition) is 3. The van der Waals surface area contributed by atoms with E-state index in [0.717, 1.165) is 32.1 Å². The fraction of sp³-hybridized carbons (Fsp3) is 0.708. The number of phosphoric acid groups is 1. The summed E-state index contributed by atoms with van der Waals surface area (Å²) in [5, 5.41) is 12.9. The van der Waals surface area contributed by atoms with Gasteiger partial charge in [0.15, 0.2) is 0 Å². The number of allylic oxidation sites excluding steroid dienone is 5. The molecular weight excluding hydrogens is 443 g/mol. The van der Waals surface area contributed by atoms with Gasteiger partial charge < -0.3 is 19.8 Å². The standard InChI is InChI=1S/C24H45N2O6P/c1-6-7-8-9-10-11-12-13-14-15-16-17-18-24(28)23(25-22(2)27)21-32-33(29,30)31-20-19-26(3,4)5/h9-10,13-14,17-18,23-24,28H,6-8,11-12,15-16,19-21H2,1-5H3,(H-,25,27,29,30)/p+1/b10-9+,14-13+,18-17+. The molecule has 33 heavy (non-hydrogen) atoms. The van der Waals surface area contributed by atoms with Crippen LogP contribution in [0.4, 0.5) is 0 Å². The van der Waals surface area contributed by atoms with Crippen LogP contribution in [-0.4, -0.2) is 73.4 Å². The van der Waals surface area contributed by atoms with E-state index in [-0.39, 0.29) is 19.1 Å². The van der Waals surface area contributed by atoms with Crippen molar-refractivity contribution in [1.82, 2.24) is 5.32 Å². The highest BCUT2D eigenvalue weighted by Gasteiger charge is 2.27. The van der Waals surface area contributed by atoms with Gasteiger partial charge in [-0.2, -0.15) is 0 Å². The number of amides is 1. The van der Waals surface area contributed by atoms with E-state index in [1.54, 1.807) is 6.08 Å². The molecule has 0 rings (SSSR count). The van der Waals surface area contributed by atoms with Gasteiger partial charge in [-0.1, -0.05) is 56.2 Å². The van der Waals surface area contributed by atoms with Gasteiger partial charge >= 0.3 is 7.82 Å². The normalized spacial score (nSPS) is 16.5. The highest BCUT2D eigenvalue weighted by atomic mass is 31.2. The Kier molecular flexibility index (Phi) is 17.4. The van der Waals surface area contributed by atoms with Crippen LogP contribution >= 0.6 is 7.82 Å². The van der Waals surface area contributed by atoms with Crippen molar-refractivity contribution in [2.75, 3.05) is 40.9 Å². The molecule has 0 heterocycles. The first kappa shape index (κ1) is 31.7. The SMILES string of the molecule is CCCC/C=C/CC/C=C/CC/C=C/C(O)C(COP(=O)(O)OCC[N+](C)(C)C)NC(C)=O. The van der Waals surface area contributed by atoms with Crippen molar-refractivity contribution in [3.63, 3.8) is 0 Å². The van der Waals surface area contributed by atoms with Crippen molar-refractivity contribution in [2.45, 2.75) is 70.9 Å². The molecule has 8 nitrogen and oxygen atoms in total. The summed E-state index contributed by atoms with van der Waals surface area (Å²) in [7, 11) is 1.52. The van der Waals surface area contributed by atoms with Crippen LogP contribution in [0.5, 0.6) is 0 Å². The Morgan fingerprint density at radius 1 is 1.00 bits per heavy atom. The van der Waals surface area contributed by atoms with Crippen molar-refractivity contribution in [3.8, 4) is 0 Å². The summed E-state index contributed by atoms with van der Waals surface area (Å²) in [5.41, 5.74) is 0. The topological polar surface area (TPSA) is 105 Å². The lowest BCUT2D eigenvalue weighted by Crippen LogP contribution is -2.44. The summed E-state index contributed by atoms with van der Waals surface area (Å²) in [4.78, 5) is 21.3. The summed E-state index contributed by atoms with van der Waals surface area (Å²) in [6, 6.07) is -0.865. The molecule has 9 heteroatoms. The summed E-state index contributed by atoms with van der Waals surface area (Å²) in [5.74, 6) is -0.374. The first-order valence-electron chi connectivity index (χ1n) is 11.8. The molecule has 0 aromatic carbocycles. The van der Waals surface area contributed by atoms with Gasteiger partial charge in [-0.15, -0.1) is 0 Å². The lowest BCUT2D eigenvalue weighted by atomic mass is 10.1. The summed E-state index contributed by atoms with van der Waals surface area (Å²) >= 11 is 0. The Balaban J connectivity index is 4.38. The van der Waals surface area contributed by atoms with E-state index >= 15 is 0 Å². The minimum absolute atomic E-state index is 0.0488. The van der Waals surface area contributed by atoms with Gasteiger partial charge in [0.1, 0.15) is 13.2 Å². The number of hydrogen-bond acceptors (Lipinski definition) is 5. The maximum atomic E-state index is 12.1. The fourth-order valence-electron chi connectivity index (χ4n) is 2.68. The van der Waals surface area contributed by atoms with E-state index < -0.39 is 20.0 Å². The van der Waals surface area contributed by atoms with E-state index in [4.69, 9.17) is 9.05 Å². The zero-order chi connectivity index (χ0) is 25.2. The number of quaternary nitrogens is 1. The fourth-order valence-corrected chi connectivity index (χ4v) is 3.41. The Labute approximate surface area is 200 Å². The molecule has 0 aromatic rings. The van der Waals surface area contributed by atoms with Gasteiger partial charge in [0.05, 0.1) is 39.9 Å². The number of carbonyl (C=O) groups excluding carboxylic acids is 1. The monoisotopic (exact) mass is 489 g/mol. The minimum atomic E-state index is -4.28. The number of nitrogens with zero attached hydrogens (tertiary/aromatic N) is 1. The number of unbranched alkanes of at least 4 members (excludes halogenated alkanes) is 4. The largest absolute Gasteiger partial charge is 0.472 e. The van der Waals surface area contributed by atoms with Crippen LogP contribution in [0.25, 0.3) is 0 Å². The predicted molar refractivity (Wildman–Crippen MR) is 134 cm³/mol. The molecule has 0 aliphatic heterocycles. The van der Waals surface area contributed by atoms with Crippen molar-refractivity contribution in [2.24, 2.45) is 0 Å². The molecule has 0 aromatic heterocycles. The van der Waals surface area contributed by atoms with Crippen molar-refractivity contribution in [3.05, 3.63) is 36.5 Å². The Bertz CT molecular complexity index is 658. The highest BCUT2D eigenvalue weighted by Crippen LogP contribution is 2.43. The maximum absolute atomic E-state index is 12.1. The zero-order valence-corrected chi connectivity index (χ0v) is 22.0. The van der Waals surface area contributed by atoms with Gasteiger partial charge in [-0.25, -0.2) is 4.57 Å². The highest BCUT2D eigenvalue weighted by molar-refractivity contribution is 7.47. The van der Waals surface area contributed by atoms with E-state index in [0.29, 0.717) is 11.0 Å². The van der Waals surface area contributed by atoms with Gasteiger partial charge in [-0.05, 0) is 32.1 Å². The molecule has 3 N–H and O–H groups in total. The van der Waals surface area contributed by atoms with Crippen LogP contribution in [0.2, 0.25) is 0 Å². The summed E-state index contributed by atoms with van der Waals surface area (Å²) < 4.78 is 22.6. The Morgan fingerprint density at radius 2 is 1.55 bits per heavy atom. The smallest absolute Gasteiger partial charge is 0.387 e. The third kappa shape index (κ3) is 21.0. The van der Waals surface area contributed by atoms with Gasteiger partial charge in [0, 0.05) is 6.92 Å². The minimum Gasteiger partial charge on any atom is -0.387 e. The second-order valence-electron chi connectivity index (χ2n) is 9.08. The molecule has 1 amide bonds. The molecule has 0 spiro atoms. The lowest BCUT2D eigenvalue weighted by molar-refractivity contribution is -0.870. The van der Waals surface area contributed by atoms with Crippen molar-refractivity contribution >= 4 is 13.7 Å². The molecule has 0 aliphatic carbocycles. The van der Waals surface area contributed by atoms with Crippen LogP contribution in [0, 0.1) is 0 Å². The van der Waals surface area contributed by atoms with E-state index in [1.165, 1.54) is 19.8 Å². The number of aliphatic hydroxyl groups excluding tert-OH is 1. The third-order valence-electron chi connectivity index (χ3n) is 4.63.